The highest BCUT2D eigenvalue weighted by molar-refractivity contribution is 5.73. The number of fused-ring (bicyclic) bond motifs is 1. The summed E-state index contributed by atoms with van der Waals surface area (Å²) in [6.45, 7) is 4.65. The van der Waals surface area contributed by atoms with E-state index in [-0.39, 0.29) is 5.82 Å². The predicted molar refractivity (Wildman–Crippen MR) is 100 cm³/mol. The summed E-state index contributed by atoms with van der Waals surface area (Å²) in [6.07, 6.45) is 4.52. The minimum Gasteiger partial charge on any atom is -0.492 e. The molecule has 1 atom stereocenters. The monoisotopic (exact) mass is 370 g/mol. The number of hydrogen-bond acceptors (Lipinski definition) is 6. The number of nitrogens with one attached hydrogen (secondary N) is 2. The van der Waals surface area contributed by atoms with Gasteiger partial charge in [-0.05, 0) is 37.2 Å². The molecule has 1 saturated heterocycles. The van der Waals surface area contributed by atoms with Crippen LogP contribution >= 0.6 is 0 Å². The van der Waals surface area contributed by atoms with Crippen LogP contribution in [0.5, 0.6) is 5.75 Å². The number of benzene rings is 1. The highest BCUT2D eigenvalue weighted by Gasteiger charge is 2.24. The molecule has 0 spiro atoms. The number of hydrogen-bond donors (Lipinski definition) is 2. The highest BCUT2D eigenvalue weighted by atomic mass is 19.1. The minimum absolute atomic E-state index is 0.261. The second-order valence-electron chi connectivity index (χ2n) is 6.58. The molecule has 0 bridgehead atoms. The van der Waals surface area contributed by atoms with Crippen LogP contribution in [0.4, 0.5) is 4.39 Å². The SMILES string of the molecule is Fc1ccc(OCCNCCn2nc(C3CCNC3)c3nccnc32)cc1. The molecule has 0 radical (unpaired) electrons. The van der Waals surface area contributed by atoms with Gasteiger partial charge in [0.25, 0.3) is 0 Å². The fraction of sp³-hybridized carbons (Fsp3) is 0.421. The molecular weight excluding hydrogens is 347 g/mol. The summed E-state index contributed by atoms with van der Waals surface area (Å²) in [7, 11) is 0. The molecule has 2 N–H and O–H groups in total. The van der Waals surface area contributed by atoms with Crippen LogP contribution in [-0.4, -0.2) is 52.5 Å². The summed E-state index contributed by atoms with van der Waals surface area (Å²) in [4.78, 5) is 8.97. The predicted octanol–water partition coefficient (Wildman–Crippen LogP) is 1.71. The van der Waals surface area contributed by atoms with Gasteiger partial charge in [0.05, 0.1) is 12.2 Å². The molecule has 1 aliphatic rings. The number of aromatic nitrogens is 4. The van der Waals surface area contributed by atoms with E-state index in [1.165, 1.54) is 12.1 Å². The number of ether oxygens (including phenoxy) is 1. The third-order valence-electron chi connectivity index (χ3n) is 4.70. The van der Waals surface area contributed by atoms with E-state index < -0.39 is 0 Å². The summed E-state index contributed by atoms with van der Waals surface area (Å²) < 4.78 is 20.4. The zero-order chi connectivity index (χ0) is 18.5. The smallest absolute Gasteiger partial charge is 0.177 e. The Balaban J connectivity index is 1.29. The minimum atomic E-state index is -0.261. The van der Waals surface area contributed by atoms with E-state index in [1.54, 1.807) is 24.5 Å². The van der Waals surface area contributed by atoms with Crippen molar-refractivity contribution in [3.8, 4) is 5.75 Å². The molecule has 3 heterocycles. The number of halogens is 1. The van der Waals surface area contributed by atoms with Gasteiger partial charge in [-0.15, -0.1) is 0 Å². The molecule has 1 aromatic carbocycles. The first kappa shape index (κ1) is 17.8. The Labute approximate surface area is 157 Å². The average molecular weight is 370 g/mol. The first-order chi connectivity index (χ1) is 13.3. The van der Waals surface area contributed by atoms with Crippen LogP contribution in [0.1, 0.15) is 18.0 Å². The van der Waals surface area contributed by atoms with Crippen LogP contribution in [0, 0.1) is 5.82 Å². The van der Waals surface area contributed by atoms with E-state index in [0.29, 0.717) is 31.4 Å². The molecule has 3 aromatic rings. The Kier molecular flexibility index (Phi) is 5.55. The summed E-state index contributed by atoms with van der Waals surface area (Å²) in [5.74, 6) is 0.812. The lowest BCUT2D eigenvalue weighted by Gasteiger charge is -2.08. The molecule has 2 aromatic heterocycles. The van der Waals surface area contributed by atoms with E-state index >= 15 is 0 Å². The molecule has 1 aliphatic heterocycles. The highest BCUT2D eigenvalue weighted by Crippen LogP contribution is 2.26. The average Bonchev–Trinajstić information content (AvgIpc) is 3.34. The second-order valence-corrected chi connectivity index (χ2v) is 6.58. The van der Waals surface area contributed by atoms with Crippen molar-refractivity contribution >= 4 is 11.2 Å². The molecule has 0 saturated carbocycles. The first-order valence-corrected chi connectivity index (χ1v) is 9.28. The molecule has 1 fully saturated rings. The molecule has 8 heteroatoms. The number of rotatable bonds is 8. The van der Waals surface area contributed by atoms with Gasteiger partial charge < -0.3 is 15.4 Å². The Morgan fingerprint density at radius 2 is 2.04 bits per heavy atom. The van der Waals surface area contributed by atoms with Crippen molar-refractivity contribution in [1.29, 1.82) is 0 Å². The maximum Gasteiger partial charge on any atom is 0.177 e. The van der Waals surface area contributed by atoms with Crippen molar-refractivity contribution in [3.63, 3.8) is 0 Å². The molecule has 0 aliphatic carbocycles. The van der Waals surface area contributed by atoms with E-state index in [0.717, 1.165) is 42.9 Å². The van der Waals surface area contributed by atoms with Gasteiger partial charge in [-0.25, -0.2) is 19.0 Å². The Morgan fingerprint density at radius 3 is 2.85 bits per heavy atom. The van der Waals surface area contributed by atoms with E-state index in [9.17, 15) is 4.39 Å². The lowest BCUT2D eigenvalue weighted by molar-refractivity contribution is 0.312. The summed E-state index contributed by atoms with van der Waals surface area (Å²) in [5.41, 5.74) is 2.79. The molecule has 142 valence electrons. The Morgan fingerprint density at radius 1 is 1.19 bits per heavy atom. The molecule has 7 nitrogen and oxygen atoms in total. The lowest BCUT2D eigenvalue weighted by atomic mass is 10.0. The quantitative estimate of drug-likeness (QED) is 0.588. The largest absolute Gasteiger partial charge is 0.492 e. The van der Waals surface area contributed by atoms with Gasteiger partial charge in [0.2, 0.25) is 0 Å². The van der Waals surface area contributed by atoms with Crippen LogP contribution in [0.2, 0.25) is 0 Å². The first-order valence-electron chi connectivity index (χ1n) is 9.28. The normalized spacial score (nSPS) is 16.9. The maximum atomic E-state index is 12.9. The van der Waals surface area contributed by atoms with Crippen LogP contribution in [-0.2, 0) is 6.54 Å². The van der Waals surface area contributed by atoms with Crippen molar-refractivity contribution in [2.24, 2.45) is 0 Å². The van der Waals surface area contributed by atoms with E-state index in [1.807, 2.05) is 4.68 Å². The molecular formula is C19H23FN6O. The van der Waals surface area contributed by atoms with Crippen LogP contribution < -0.4 is 15.4 Å². The molecule has 4 rings (SSSR count). The van der Waals surface area contributed by atoms with Crippen molar-refractivity contribution < 1.29 is 9.13 Å². The number of nitrogens with zero attached hydrogens (tertiary/aromatic N) is 4. The van der Waals surface area contributed by atoms with Crippen molar-refractivity contribution in [2.75, 3.05) is 32.8 Å². The summed E-state index contributed by atoms with van der Waals surface area (Å²) in [5, 5.41) is 11.5. The van der Waals surface area contributed by atoms with Crippen molar-refractivity contribution in [3.05, 3.63) is 48.2 Å². The van der Waals surface area contributed by atoms with E-state index in [2.05, 4.69) is 20.6 Å². The molecule has 27 heavy (non-hydrogen) atoms. The summed E-state index contributed by atoms with van der Waals surface area (Å²) >= 11 is 0. The summed E-state index contributed by atoms with van der Waals surface area (Å²) in [6, 6.07) is 6.04. The standard InChI is InChI=1S/C19H23FN6O/c20-15-1-3-16(4-2-15)27-12-10-21-9-11-26-19-18(23-7-8-24-19)17(25-26)14-5-6-22-13-14/h1-4,7-8,14,21-22H,5-6,9-13H2. The van der Waals surface area contributed by atoms with Gasteiger partial charge in [-0.3, -0.25) is 0 Å². The van der Waals surface area contributed by atoms with Crippen LogP contribution in [0.3, 0.4) is 0 Å². The van der Waals surface area contributed by atoms with Gasteiger partial charge in [0.15, 0.2) is 5.65 Å². The van der Waals surface area contributed by atoms with Gasteiger partial charge in [0, 0.05) is 37.9 Å². The van der Waals surface area contributed by atoms with Gasteiger partial charge >= 0.3 is 0 Å². The van der Waals surface area contributed by atoms with Crippen molar-refractivity contribution in [1.82, 2.24) is 30.4 Å². The fourth-order valence-corrected chi connectivity index (χ4v) is 3.33. The molecule has 0 amide bonds. The van der Waals surface area contributed by atoms with E-state index in [4.69, 9.17) is 9.84 Å². The van der Waals surface area contributed by atoms with Crippen LogP contribution in [0.25, 0.3) is 11.2 Å². The topological polar surface area (TPSA) is 76.9 Å². The molecule has 1 unspecified atom stereocenters. The Hall–Kier alpha value is -2.58. The van der Waals surface area contributed by atoms with Gasteiger partial charge in [-0.2, -0.15) is 5.10 Å². The maximum absolute atomic E-state index is 12.9. The Bertz CT molecular complexity index is 876. The zero-order valence-corrected chi connectivity index (χ0v) is 15.1. The third kappa shape index (κ3) is 4.23. The van der Waals surface area contributed by atoms with Crippen LogP contribution in [0.15, 0.2) is 36.7 Å². The lowest BCUT2D eigenvalue weighted by Crippen LogP contribution is -2.25. The van der Waals surface area contributed by atoms with Gasteiger partial charge in [0.1, 0.15) is 23.7 Å². The second kappa shape index (κ2) is 8.41. The van der Waals surface area contributed by atoms with Crippen molar-refractivity contribution in [2.45, 2.75) is 18.9 Å². The fourth-order valence-electron chi connectivity index (χ4n) is 3.33. The third-order valence-corrected chi connectivity index (χ3v) is 4.70. The van der Waals surface area contributed by atoms with Gasteiger partial charge in [-0.1, -0.05) is 0 Å². The zero-order valence-electron chi connectivity index (χ0n) is 15.1.